The third-order valence-corrected chi connectivity index (χ3v) is 2.07. The van der Waals surface area contributed by atoms with Crippen molar-refractivity contribution in [2.24, 2.45) is 0 Å². The van der Waals surface area contributed by atoms with Gasteiger partial charge in [-0.25, -0.2) is 8.78 Å². The third-order valence-electron chi connectivity index (χ3n) is 1.04. The molecule has 0 heterocycles. The van der Waals surface area contributed by atoms with Gasteiger partial charge < -0.3 is 9.79 Å². The van der Waals surface area contributed by atoms with Crippen LogP contribution in [0.4, 0.5) is 26.3 Å². The van der Waals surface area contributed by atoms with Crippen molar-refractivity contribution in [2.75, 3.05) is 0 Å². The van der Waals surface area contributed by atoms with Crippen molar-refractivity contribution in [1.29, 1.82) is 0 Å². The zero-order chi connectivity index (χ0) is 11.1. The maximum Gasteiger partial charge on any atom is 0.413 e. The van der Waals surface area contributed by atoms with E-state index in [1.165, 1.54) is 0 Å². The highest BCUT2D eigenvalue weighted by Gasteiger charge is 2.72. The highest BCUT2D eigenvalue weighted by atomic mass is 31.2. The first-order chi connectivity index (χ1) is 5.44. The highest BCUT2D eigenvalue weighted by Crippen LogP contribution is 2.61. The van der Waals surface area contributed by atoms with E-state index in [0.29, 0.717) is 0 Å². The maximum absolute atomic E-state index is 12.0. The summed E-state index contributed by atoms with van der Waals surface area (Å²) in [6, 6.07) is 0. The molecule has 0 aromatic carbocycles. The van der Waals surface area contributed by atoms with Crippen molar-refractivity contribution in [3.8, 4) is 0 Å². The molecule has 10 heteroatoms. The molecule has 0 atom stereocenters. The molecule has 0 spiro atoms. The van der Waals surface area contributed by atoms with Crippen LogP contribution in [-0.2, 0) is 4.57 Å². The first-order valence-corrected chi connectivity index (χ1v) is 4.15. The van der Waals surface area contributed by atoms with Crippen molar-refractivity contribution in [3.05, 3.63) is 0 Å². The van der Waals surface area contributed by atoms with Gasteiger partial charge in [-0.1, -0.05) is 0 Å². The second-order valence-electron chi connectivity index (χ2n) is 2.01. The van der Waals surface area contributed by atoms with Gasteiger partial charge in [0.15, 0.2) is 0 Å². The molecule has 0 aromatic heterocycles. The number of alkyl halides is 6. The molecule has 0 aliphatic carbocycles. The molecular weight excluding hydrogens is 229 g/mol. The van der Waals surface area contributed by atoms with Gasteiger partial charge in [0, 0.05) is 0 Å². The zero-order valence-corrected chi connectivity index (χ0v) is 6.49. The topological polar surface area (TPSA) is 57.5 Å². The SMILES string of the molecule is O=P(O)(O)C(F)(F)C(F)(F)C(F)F. The van der Waals surface area contributed by atoms with E-state index in [9.17, 15) is 30.9 Å². The number of rotatable bonds is 3. The number of halogens is 6. The fraction of sp³-hybridized carbons (Fsp3) is 1.00. The Bertz CT molecular complexity index is 233. The van der Waals surface area contributed by atoms with Gasteiger partial charge in [-0.05, 0) is 0 Å². The van der Waals surface area contributed by atoms with E-state index in [-0.39, 0.29) is 0 Å². The van der Waals surface area contributed by atoms with Crippen molar-refractivity contribution in [3.63, 3.8) is 0 Å². The van der Waals surface area contributed by atoms with E-state index >= 15 is 0 Å². The molecule has 0 aliphatic rings. The number of hydrogen-bond donors (Lipinski definition) is 2. The van der Waals surface area contributed by atoms with Crippen molar-refractivity contribution >= 4 is 7.60 Å². The Kier molecular flexibility index (Phi) is 3.08. The van der Waals surface area contributed by atoms with Gasteiger partial charge in [0.2, 0.25) is 0 Å². The van der Waals surface area contributed by atoms with E-state index < -0.39 is 25.6 Å². The lowest BCUT2D eigenvalue weighted by Crippen LogP contribution is -2.45. The minimum Gasteiger partial charge on any atom is -0.320 e. The Morgan fingerprint density at radius 1 is 1.08 bits per heavy atom. The number of hydrogen-bond acceptors (Lipinski definition) is 1. The molecule has 2 N–H and O–H groups in total. The predicted octanol–water partition coefficient (Wildman–Crippen LogP) is 1.66. The molecule has 0 saturated carbocycles. The molecule has 0 saturated heterocycles. The Morgan fingerprint density at radius 3 is 1.46 bits per heavy atom. The van der Waals surface area contributed by atoms with Gasteiger partial charge >= 0.3 is 25.6 Å². The van der Waals surface area contributed by atoms with Crippen LogP contribution in [0, 0.1) is 0 Å². The summed E-state index contributed by atoms with van der Waals surface area (Å²) in [5.74, 6) is -6.05. The Morgan fingerprint density at radius 2 is 1.38 bits per heavy atom. The summed E-state index contributed by atoms with van der Waals surface area (Å²) in [6.45, 7) is 0. The molecule has 0 fully saturated rings. The lowest BCUT2D eigenvalue weighted by Gasteiger charge is -2.25. The van der Waals surface area contributed by atoms with Crippen LogP contribution in [0.3, 0.4) is 0 Å². The van der Waals surface area contributed by atoms with Crippen LogP contribution in [-0.4, -0.2) is 27.8 Å². The molecule has 0 aliphatic heterocycles. The molecule has 0 radical (unpaired) electrons. The molecule has 0 amide bonds. The molecule has 0 bridgehead atoms. The van der Waals surface area contributed by atoms with Crippen LogP contribution in [0.2, 0.25) is 0 Å². The van der Waals surface area contributed by atoms with Gasteiger partial charge in [0.05, 0.1) is 0 Å². The largest absolute Gasteiger partial charge is 0.413 e. The van der Waals surface area contributed by atoms with Crippen LogP contribution in [0.1, 0.15) is 0 Å². The zero-order valence-electron chi connectivity index (χ0n) is 5.60. The van der Waals surface area contributed by atoms with Gasteiger partial charge in [0.25, 0.3) is 0 Å². The van der Waals surface area contributed by atoms with Crippen LogP contribution >= 0.6 is 7.60 Å². The molecule has 80 valence electrons. The monoisotopic (exact) mass is 232 g/mol. The summed E-state index contributed by atoms with van der Waals surface area (Å²) in [5, 5.41) is 0. The van der Waals surface area contributed by atoms with E-state index in [1.54, 1.807) is 0 Å². The molecule has 0 aromatic rings. The Hall–Kier alpha value is -0.270. The molecule has 0 unspecified atom stereocenters. The lowest BCUT2D eigenvalue weighted by molar-refractivity contribution is -0.232. The quantitative estimate of drug-likeness (QED) is 0.574. The van der Waals surface area contributed by atoms with Crippen molar-refractivity contribution < 1.29 is 40.7 Å². The van der Waals surface area contributed by atoms with E-state index in [0.717, 1.165) is 0 Å². The minimum absolute atomic E-state index is 4.85. The van der Waals surface area contributed by atoms with Crippen LogP contribution < -0.4 is 0 Å². The van der Waals surface area contributed by atoms with Crippen LogP contribution in [0.25, 0.3) is 0 Å². The fourth-order valence-corrected chi connectivity index (χ4v) is 0.811. The van der Waals surface area contributed by atoms with Crippen molar-refractivity contribution in [2.45, 2.75) is 18.0 Å². The average molecular weight is 232 g/mol. The summed E-state index contributed by atoms with van der Waals surface area (Å²) in [4.78, 5) is 15.4. The predicted molar refractivity (Wildman–Crippen MR) is 27.9 cm³/mol. The normalized spacial score (nSPS) is 15.2. The Labute approximate surface area is 67.5 Å². The summed E-state index contributed by atoms with van der Waals surface area (Å²) < 4.78 is 79.9. The Balaban J connectivity index is 5.16. The summed E-state index contributed by atoms with van der Waals surface area (Å²) in [6.07, 6.45) is -4.85. The first kappa shape index (κ1) is 12.7. The van der Waals surface area contributed by atoms with Gasteiger partial charge in [0.1, 0.15) is 0 Å². The lowest BCUT2D eigenvalue weighted by atomic mass is 10.4. The summed E-state index contributed by atoms with van der Waals surface area (Å²) in [7, 11) is -6.61. The van der Waals surface area contributed by atoms with E-state index in [4.69, 9.17) is 9.79 Å². The summed E-state index contributed by atoms with van der Waals surface area (Å²) in [5.41, 5.74) is -6.06. The van der Waals surface area contributed by atoms with Gasteiger partial charge in [-0.15, -0.1) is 0 Å². The molecule has 13 heavy (non-hydrogen) atoms. The minimum atomic E-state index is -6.61. The molecular formula is C3H3F6O3P. The first-order valence-electron chi connectivity index (χ1n) is 2.54. The van der Waals surface area contributed by atoms with Crippen LogP contribution in [0.5, 0.6) is 0 Å². The molecule has 0 rings (SSSR count). The smallest absolute Gasteiger partial charge is 0.320 e. The fourth-order valence-electron chi connectivity index (χ4n) is 0.325. The van der Waals surface area contributed by atoms with Gasteiger partial charge in [-0.2, -0.15) is 17.6 Å². The average Bonchev–Trinajstić information content (AvgIpc) is 1.84. The van der Waals surface area contributed by atoms with Gasteiger partial charge in [-0.3, -0.25) is 4.57 Å². The summed E-state index contributed by atoms with van der Waals surface area (Å²) >= 11 is 0. The van der Waals surface area contributed by atoms with E-state index in [1.807, 2.05) is 0 Å². The standard InChI is InChI=1S/C3H3F6O3P/c4-1(5)2(6,7)3(8,9)13(10,11)12/h1H,(H2,10,11,12). The third kappa shape index (κ3) is 1.97. The van der Waals surface area contributed by atoms with Crippen molar-refractivity contribution in [1.82, 2.24) is 0 Å². The molecule has 3 nitrogen and oxygen atoms in total. The van der Waals surface area contributed by atoms with E-state index in [2.05, 4.69) is 0 Å². The second kappa shape index (κ2) is 3.14. The second-order valence-corrected chi connectivity index (χ2v) is 3.66. The van der Waals surface area contributed by atoms with Crippen LogP contribution in [0.15, 0.2) is 0 Å². The maximum atomic E-state index is 12.0. The highest BCUT2D eigenvalue weighted by molar-refractivity contribution is 7.53.